The minimum absolute atomic E-state index is 0.180. The van der Waals surface area contributed by atoms with Gasteiger partial charge in [0.2, 0.25) is 0 Å². The van der Waals surface area contributed by atoms with E-state index >= 15 is 0 Å². The molecular formula is C17H14ClN3OS2. The molecule has 0 aliphatic heterocycles. The molecule has 0 N–H and O–H groups in total. The van der Waals surface area contributed by atoms with E-state index in [1.165, 1.54) is 23.1 Å². The van der Waals surface area contributed by atoms with Crippen molar-refractivity contribution >= 4 is 40.6 Å². The number of pyridine rings is 1. The summed E-state index contributed by atoms with van der Waals surface area (Å²) in [5.74, 6) is 0.0853. The lowest BCUT2D eigenvalue weighted by molar-refractivity contribution is -0.115. The molecule has 0 saturated heterocycles. The van der Waals surface area contributed by atoms with E-state index in [1.54, 1.807) is 6.20 Å². The van der Waals surface area contributed by atoms with Crippen molar-refractivity contribution in [1.82, 2.24) is 9.55 Å². The average molecular weight is 376 g/mol. The van der Waals surface area contributed by atoms with Gasteiger partial charge in [0.05, 0.1) is 17.3 Å². The molecular weight excluding hydrogens is 362 g/mol. The van der Waals surface area contributed by atoms with Gasteiger partial charge in [0, 0.05) is 22.8 Å². The lowest BCUT2D eigenvalue weighted by atomic mass is 10.2. The summed E-state index contributed by atoms with van der Waals surface area (Å²) in [6.07, 6.45) is 3.62. The third-order valence-electron chi connectivity index (χ3n) is 3.16. The second-order valence-electron chi connectivity index (χ2n) is 4.87. The molecule has 1 aromatic carbocycles. The van der Waals surface area contributed by atoms with Crippen LogP contribution in [0.2, 0.25) is 5.02 Å². The van der Waals surface area contributed by atoms with Gasteiger partial charge in [0.25, 0.3) is 5.91 Å². The zero-order chi connectivity index (χ0) is 16.8. The molecule has 0 bridgehead atoms. The van der Waals surface area contributed by atoms with E-state index in [-0.39, 0.29) is 11.7 Å². The molecule has 0 saturated carbocycles. The summed E-state index contributed by atoms with van der Waals surface area (Å²) in [6.45, 7) is 0.586. The number of benzene rings is 1. The van der Waals surface area contributed by atoms with E-state index in [2.05, 4.69) is 9.98 Å². The Morgan fingerprint density at radius 3 is 2.88 bits per heavy atom. The van der Waals surface area contributed by atoms with Crippen LogP contribution in [0.4, 0.5) is 0 Å². The summed E-state index contributed by atoms with van der Waals surface area (Å²) >= 11 is 9.01. The Balaban J connectivity index is 1.71. The van der Waals surface area contributed by atoms with Crippen LogP contribution in [-0.2, 0) is 11.3 Å². The number of hydrogen-bond acceptors (Lipinski definition) is 4. The molecule has 122 valence electrons. The SMILES string of the molecule is O=C(CSc1ccccn1)N=c1sccn1Cc1ccccc1Cl. The normalized spacial score (nSPS) is 11.6. The highest BCUT2D eigenvalue weighted by molar-refractivity contribution is 7.99. The number of nitrogens with zero attached hydrogens (tertiary/aromatic N) is 3. The molecule has 4 nitrogen and oxygen atoms in total. The Bertz CT molecular complexity index is 890. The number of rotatable bonds is 5. The van der Waals surface area contributed by atoms with Gasteiger partial charge < -0.3 is 4.57 Å². The van der Waals surface area contributed by atoms with Gasteiger partial charge in [-0.15, -0.1) is 11.3 Å². The molecule has 3 aromatic rings. The van der Waals surface area contributed by atoms with Gasteiger partial charge in [0.15, 0.2) is 4.80 Å². The molecule has 24 heavy (non-hydrogen) atoms. The van der Waals surface area contributed by atoms with E-state index in [4.69, 9.17) is 11.6 Å². The maximum atomic E-state index is 12.1. The van der Waals surface area contributed by atoms with E-state index in [9.17, 15) is 4.79 Å². The van der Waals surface area contributed by atoms with E-state index < -0.39 is 0 Å². The first kappa shape index (κ1) is 17.0. The molecule has 1 amide bonds. The van der Waals surface area contributed by atoms with Crippen LogP contribution in [0.1, 0.15) is 5.56 Å². The van der Waals surface area contributed by atoms with E-state index in [0.29, 0.717) is 16.4 Å². The standard InChI is InChI=1S/C17H14ClN3OS2/c18-14-6-2-1-5-13(14)11-21-9-10-23-17(21)20-15(22)12-24-16-7-3-4-8-19-16/h1-10H,11-12H2. The van der Waals surface area contributed by atoms with Gasteiger partial charge in [-0.25, -0.2) is 4.98 Å². The number of thioether (sulfide) groups is 1. The number of hydrogen-bond donors (Lipinski definition) is 0. The first-order chi connectivity index (χ1) is 11.7. The molecule has 0 fully saturated rings. The fraction of sp³-hybridized carbons (Fsp3) is 0.118. The third-order valence-corrected chi connectivity index (χ3v) is 5.25. The van der Waals surface area contributed by atoms with Crippen LogP contribution in [0.5, 0.6) is 0 Å². The summed E-state index contributed by atoms with van der Waals surface area (Å²) in [6, 6.07) is 13.3. The molecule has 3 rings (SSSR count). The van der Waals surface area contributed by atoms with Crippen molar-refractivity contribution in [2.24, 2.45) is 4.99 Å². The Kier molecular flexibility index (Phi) is 5.85. The van der Waals surface area contributed by atoms with Crippen LogP contribution < -0.4 is 4.80 Å². The van der Waals surface area contributed by atoms with Gasteiger partial charge in [-0.3, -0.25) is 4.79 Å². The first-order valence-corrected chi connectivity index (χ1v) is 9.45. The fourth-order valence-electron chi connectivity index (χ4n) is 2.02. The Morgan fingerprint density at radius 1 is 1.25 bits per heavy atom. The first-order valence-electron chi connectivity index (χ1n) is 7.21. The highest BCUT2D eigenvalue weighted by Gasteiger charge is 2.05. The van der Waals surface area contributed by atoms with Crippen molar-refractivity contribution < 1.29 is 4.79 Å². The van der Waals surface area contributed by atoms with Crippen LogP contribution in [0.3, 0.4) is 0 Å². The van der Waals surface area contributed by atoms with Gasteiger partial charge in [-0.05, 0) is 23.8 Å². The van der Waals surface area contributed by atoms with Crippen LogP contribution in [0.15, 0.2) is 70.3 Å². The smallest absolute Gasteiger partial charge is 0.258 e. The maximum Gasteiger partial charge on any atom is 0.258 e. The second kappa shape index (κ2) is 8.28. The minimum atomic E-state index is -0.180. The van der Waals surface area contributed by atoms with Crippen LogP contribution in [0, 0.1) is 0 Å². The Hall–Kier alpha value is -1.89. The summed E-state index contributed by atoms with van der Waals surface area (Å²) in [4.78, 5) is 21.2. The highest BCUT2D eigenvalue weighted by Crippen LogP contribution is 2.16. The zero-order valence-corrected chi connectivity index (χ0v) is 15.0. The van der Waals surface area contributed by atoms with Crippen LogP contribution in [0.25, 0.3) is 0 Å². The molecule has 7 heteroatoms. The number of halogens is 1. The van der Waals surface area contributed by atoms with Crippen molar-refractivity contribution in [2.45, 2.75) is 11.6 Å². The van der Waals surface area contributed by atoms with E-state index in [0.717, 1.165) is 10.6 Å². The Morgan fingerprint density at radius 2 is 2.08 bits per heavy atom. The second-order valence-corrected chi connectivity index (χ2v) is 7.14. The molecule has 2 aromatic heterocycles. The lowest BCUT2D eigenvalue weighted by Crippen LogP contribution is -2.17. The van der Waals surface area contributed by atoms with Crippen LogP contribution in [-0.4, -0.2) is 21.2 Å². The predicted molar refractivity (Wildman–Crippen MR) is 98.4 cm³/mol. The Labute approximate surface area is 152 Å². The van der Waals surface area contributed by atoms with Crippen molar-refractivity contribution in [2.75, 3.05) is 5.75 Å². The molecule has 0 radical (unpaired) electrons. The number of thiazole rings is 1. The highest BCUT2D eigenvalue weighted by atomic mass is 35.5. The van der Waals surface area contributed by atoms with Gasteiger partial charge in [-0.1, -0.05) is 47.6 Å². The van der Waals surface area contributed by atoms with Crippen molar-refractivity contribution in [3.05, 3.63) is 75.6 Å². The topological polar surface area (TPSA) is 47.2 Å². The minimum Gasteiger partial charge on any atom is -0.319 e. The molecule has 0 unspecified atom stereocenters. The molecule has 0 aliphatic carbocycles. The number of aromatic nitrogens is 2. The number of carbonyl (C=O) groups excluding carboxylic acids is 1. The van der Waals surface area contributed by atoms with E-state index in [1.807, 2.05) is 58.6 Å². The summed E-state index contributed by atoms with van der Waals surface area (Å²) in [5, 5.41) is 3.44. The predicted octanol–water partition coefficient (Wildman–Crippen LogP) is 3.87. The number of carbonyl (C=O) groups is 1. The fourth-order valence-corrected chi connectivity index (χ4v) is 3.61. The summed E-state index contributed by atoms with van der Waals surface area (Å²) < 4.78 is 1.93. The van der Waals surface area contributed by atoms with Crippen molar-refractivity contribution in [1.29, 1.82) is 0 Å². The zero-order valence-electron chi connectivity index (χ0n) is 12.6. The largest absolute Gasteiger partial charge is 0.319 e. The monoisotopic (exact) mass is 375 g/mol. The van der Waals surface area contributed by atoms with Gasteiger partial charge in [-0.2, -0.15) is 4.99 Å². The molecule has 0 aliphatic rings. The molecule has 2 heterocycles. The molecule has 0 atom stereocenters. The quantitative estimate of drug-likeness (QED) is 0.636. The lowest BCUT2D eigenvalue weighted by Gasteiger charge is -2.05. The van der Waals surface area contributed by atoms with Gasteiger partial charge in [0.1, 0.15) is 0 Å². The summed E-state index contributed by atoms with van der Waals surface area (Å²) in [7, 11) is 0. The average Bonchev–Trinajstić information content (AvgIpc) is 3.03. The third kappa shape index (κ3) is 4.56. The van der Waals surface area contributed by atoms with Crippen molar-refractivity contribution in [3.8, 4) is 0 Å². The van der Waals surface area contributed by atoms with Crippen LogP contribution >= 0.6 is 34.7 Å². The maximum absolute atomic E-state index is 12.1. The summed E-state index contributed by atoms with van der Waals surface area (Å²) in [5.41, 5.74) is 0.995. The van der Waals surface area contributed by atoms with Gasteiger partial charge >= 0.3 is 0 Å². The number of amides is 1. The molecule has 0 spiro atoms. The van der Waals surface area contributed by atoms with Crippen molar-refractivity contribution in [3.63, 3.8) is 0 Å².